The van der Waals surface area contributed by atoms with Gasteiger partial charge >= 0.3 is 6.03 Å². The molecule has 28 heavy (non-hydrogen) atoms. The van der Waals surface area contributed by atoms with Gasteiger partial charge in [-0.15, -0.1) is 0 Å². The Morgan fingerprint density at radius 1 is 1.04 bits per heavy atom. The van der Waals surface area contributed by atoms with E-state index < -0.39 is 0 Å². The van der Waals surface area contributed by atoms with Crippen LogP contribution in [0.1, 0.15) is 30.4 Å². The van der Waals surface area contributed by atoms with Gasteiger partial charge in [-0.2, -0.15) is 0 Å². The van der Waals surface area contributed by atoms with E-state index >= 15 is 0 Å². The van der Waals surface area contributed by atoms with Crippen LogP contribution in [0, 0.1) is 0 Å². The number of halogens is 1. The van der Waals surface area contributed by atoms with Gasteiger partial charge < -0.3 is 15.4 Å². The number of amides is 2. The lowest BCUT2D eigenvalue weighted by Crippen LogP contribution is -2.63. The maximum absolute atomic E-state index is 12.1. The van der Waals surface area contributed by atoms with Crippen molar-refractivity contribution in [1.29, 1.82) is 0 Å². The quantitative estimate of drug-likeness (QED) is 0.782. The second kappa shape index (κ2) is 8.52. The van der Waals surface area contributed by atoms with Crippen molar-refractivity contribution >= 4 is 23.3 Å². The number of carbonyl (C=O) groups excluding carboxylic acids is 1. The molecule has 0 unspecified atom stereocenters. The van der Waals surface area contributed by atoms with Crippen LogP contribution in [-0.2, 0) is 17.8 Å². The number of piperidine rings is 1. The highest BCUT2D eigenvalue weighted by Crippen LogP contribution is 2.35. The molecule has 2 saturated heterocycles. The first-order valence-electron chi connectivity index (χ1n) is 9.84. The molecule has 0 atom stereocenters. The predicted molar refractivity (Wildman–Crippen MR) is 112 cm³/mol. The Morgan fingerprint density at radius 3 is 2.43 bits per heavy atom. The van der Waals surface area contributed by atoms with Crippen molar-refractivity contribution in [2.75, 3.05) is 25.1 Å². The minimum absolute atomic E-state index is 0.218. The van der Waals surface area contributed by atoms with E-state index in [0.29, 0.717) is 11.6 Å². The van der Waals surface area contributed by atoms with E-state index in [1.54, 1.807) is 0 Å². The highest BCUT2D eigenvalue weighted by Gasteiger charge is 2.45. The second-order valence-electron chi connectivity index (χ2n) is 7.73. The maximum atomic E-state index is 12.1. The lowest BCUT2D eigenvalue weighted by Gasteiger charge is -2.52. The van der Waals surface area contributed by atoms with Crippen molar-refractivity contribution in [3.05, 3.63) is 64.7 Å². The minimum Gasteiger partial charge on any atom is -0.377 e. The number of ether oxygens (including phenoxy) is 1. The Kier molecular flexibility index (Phi) is 5.85. The molecule has 2 aliphatic rings. The van der Waals surface area contributed by atoms with E-state index in [-0.39, 0.29) is 11.6 Å². The first-order chi connectivity index (χ1) is 13.6. The summed E-state index contributed by atoms with van der Waals surface area (Å²) in [6.45, 7) is 4.25. The van der Waals surface area contributed by atoms with E-state index in [1.807, 2.05) is 36.4 Å². The smallest absolute Gasteiger partial charge is 0.319 e. The fourth-order valence-corrected chi connectivity index (χ4v) is 4.06. The molecule has 0 radical (unpaired) electrons. The van der Waals surface area contributed by atoms with E-state index in [9.17, 15) is 4.79 Å². The largest absolute Gasteiger partial charge is 0.377 e. The molecule has 2 amide bonds. The number of urea groups is 1. The van der Waals surface area contributed by atoms with Crippen molar-refractivity contribution in [3.63, 3.8) is 0 Å². The van der Waals surface area contributed by atoms with Crippen LogP contribution in [0.15, 0.2) is 48.5 Å². The van der Waals surface area contributed by atoms with Crippen LogP contribution in [0.4, 0.5) is 10.5 Å². The second-order valence-corrected chi connectivity index (χ2v) is 8.16. The summed E-state index contributed by atoms with van der Waals surface area (Å²) in [7, 11) is 0. The van der Waals surface area contributed by atoms with Gasteiger partial charge in [-0.25, -0.2) is 4.79 Å². The molecule has 1 spiro atoms. The van der Waals surface area contributed by atoms with Crippen LogP contribution < -0.4 is 10.6 Å². The average molecular weight is 400 g/mol. The molecule has 5 nitrogen and oxygen atoms in total. The van der Waals surface area contributed by atoms with Crippen LogP contribution in [0.25, 0.3) is 0 Å². The van der Waals surface area contributed by atoms with Crippen molar-refractivity contribution < 1.29 is 9.53 Å². The molecule has 2 aliphatic heterocycles. The van der Waals surface area contributed by atoms with Crippen LogP contribution in [0.2, 0.25) is 5.02 Å². The van der Waals surface area contributed by atoms with E-state index in [4.69, 9.17) is 16.3 Å². The molecule has 2 fully saturated rings. The zero-order chi connectivity index (χ0) is 19.4. The fraction of sp³-hybridized carbons (Fsp3) is 0.409. The number of likely N-dealkylation sites (tertiary alicyclic amines) is 1. The van der Waals surface area contributed by atoms with Gasteiger partial charge in [0, 0.05) is 23.8 Å². The Bertz CT molecular complexity index is 804. The van der Waals surface area contributed by atoms with Gasteiger partial charge in [0.15, 0.2) is 0 Å². The molecule has 0 saturated carbocycles. The number of hydrogen-bond acceptors (Lipinski definition) is 3. The lowest BCUT2D eigenvalue weighted by atomic mass is 9.84. The highest BCUT2D eigenvalue weighted by molar-refractivity contribution is 6.30. The van der Waals surface area contributed by atoms with Crippen LogP contribution >= 0.6 is 11.6 Å². The number of rotatable bonds is 5. The summed E-state index contributed by atoms with van der Waals surface area (Å²) in [5.74, 6) is 0. The zero-order valence-electron chi connectivity index (χ0n) is 15.9. The number of nitrogens with zero attached hydrogens (tertiary/aromatic N) is 1. The monoisotopic (exact) mass is 399 g/mol. The minimum atomic E-state index is -0.218. The third kappa shape index (κ3) is 4.49. The number of carbonyl (C=O) groups is 1. The molecular weight excluding hydrogens is 374 g/mol. The standard InChI is InChI=1S/C22H26ClN3O2/c23-19-7-3-17(4-8-19)13-24-21(27)25-20-9-5-18(6-10-20)14-26-12-2-1-11-22(26)15-28-16-22/h3-10H,1-2,11-16H2,(H2,24,25,27). The topological polar surface area (TPSA) is 53.6 Å². The first kappa shape index (κ1) is 19.2. The molecular formula is C22H26ClN3O2. The Labute approximate surface area is 171 Å². The SMILES string of the molecule is O=C(NCc1ccc(Cl)cc1)Nc1ccc(CN2CCCCC23COC3)cc1. The molecule has 0 aromatic heterocycles. The zero-order valence-corrected chi connectivity index (χ0v) is 16.7. The fourth-order valence-electron chi connectivity index (χ4n) is 3.94. The molecule has 4 rings (SSSR count). The molecule has 0 aliphatic carbocycles. The van der Waals surface area contributed by atoms with E-state index in [1.165, 1.54) is 24.8 Å². The molecule has 2 N–H and O–H groups in total. The molecule has 2 aromatic rings. The van der Waals surface area contributed by atoms with Crippen LogP contribution in [0.5, 0.6) is 0 Å². The Hall–Kier alpha value is -2.08. The predicted octanol–water partition coefficient (Wildman–Crippen LogP) is 4.42. The summed E-state index contributed by atoms with van der Waals surface area (Å²) in [6.07, 6.45) is 3.80. The number of anilines is 1. The molecule has 2 aromatic carbocycles. The summed E-state index contributed by atoms with van der Waals surface area (Å²) in [5, 5.41) is 6.43. The summed E-state index contributed by atoms with van der Waals surface area (Å²) >= 11 is 5.87. The van der Waals surface area contributed by atoms with E-state index in [2.05, 4.69) is 27.7 Å². The Balaban J connectivity index is 1.28. The van der Waals surface area contributed by atoms with Gasteiger partial charge in [0.05, 0.1) is 18.8 Å². The summed E-state index contributed by atoms with van der Waals surface area (Å²) in [6, 6.07) is 15.3. The van der Waals surface area contributed by atoms with Gasteiger partial charge in [0.1, 0.15) is 0 Å². The number of hydrogen-bond donors (Lipinski definition) is 2. The number of nitrogens with one attached hydrogen (secondary N) is 2. The van der Waals surface area contributed by atoms with Gasteiger partial charge in [-0.3, -0.25) is 4.90 Å². The van der Waals surface area contributed by atoms with Crippen molar-refractivity contribution in [3.8, 4) is 0 Å². The summed E-state index contributed by atoms with van der Waals surface area (Å²) in [4.78, 5) is 14.7. The molecule has 0 bridgehead atoms. The van der Waals surface area contributed by atoms with Gasteiger partial charge in [0.2, 0.25) is 0 Å². The van der Waals surface area contributed by atoms with Crippen LogP contribution in [0.3, 0.4) is 0 Å². The Morgan fingerprint density at radius 2 is 1.75 bits per heavy atom. The summed E-state index contributed by atoms with van der Waals surface area (Å²) in [5.41, 5.74) is 3.32. The average Bonchev–Trinajstić information content (AvgIpc) is 2.68. The summed E-state index contributed by atoms with van der Waals surface area (Å²) < 4.78 is 5.50. The first-order valence-corrected chi connectivity index (χ1v) is 10.2. The molecule has 2 heterocycles. The molecule has 6 heteroatoms. The number of benzene rings is 2. The van der Waals surface area contributed by atoms with Gasteiger partial charge in [-0.05, 0) is 54.8 Å². The van der Waals surface area contributed by atoms with Crippen molar-refractivity contribution in [1.82, 2.24) is 10.2 Å². The van der Waals surface area contributed by atoms with Gasteiger partial charge in [-0.1, -0.05) is 42.3 Å². The van der Waals surface area contributed by atoms with E-state index in [0.717, 1.165) is 37.6 Å². The lowest BCUT2D eigenvalue weighted by molar-refractivity contribution is -0.159. The van der Waals surface area contributed by atoms with Crippen molar-refractivity contribution in [2.45, 2.75) is 37.9 Å². The third-order valence-corrected chi connectivity index (χ3v) is 5.94. The highest BCUT2D eigenvalue weighted by atomic mass is 35.5. The van der Waals surface area contributed by atoms with Gasteiger partial charge in [0.25, 0.3) is 0 Å². The normalized spacial score (nSPS) is 18.5. The maximum Gasteiger partial charge on any atom is 0.319 e. The third-order valence-electron chi connectivity index (χ3n) is 5.68. The van der Waals surface area contributed by atoms with Crippen molar-refractivity contribution in [2.24, 2.45) is 0 Å². The van der Waals surface area contributed by atoms with Crippen LogP contribution in [-0.4, -0.2) is 36.2 Å². The molecule has 148 valence electrons.